The van der Waals surface area contributed by atoms with Gasteiger partial charge >= 0.3 is 6.03 Å². The first kappa shape index (κ1) is 15.9. The number of aryl methyl sites for hydroxylation is 1. The molecule has 2 amide bonds. The minimum atomic E-state index is -0.887. The van der Waals surface area contributed by atoms with E-state index in [1.54, 1.807) is 37.3 Å². The fourth-order valence-electron chi connectivity index (χ4n) is 1.94. The number of nitrogens with one attached hydrogen (secondary N) is 2. The SMILES string of the molecule is CCOc1ccccc1NC(=O)NCC(O)c1ccc(C)o1. The van der Waals surface area contributed by atoms with E-state index < -0.39 is 12.1 Å². The van der Waals surface area contributed by atoms with Crippen LogP contribution in [0.2, 0.25) is 0 Å². The van der Waals surface area contributed by atoms with Crippen LogP contribution in [-0.2, 0) is 0 Å². The van der Waals surface area contributed by atoms with E-state index in [0.717, 1.165) is 0 Å². The standard InChI is InChI=1S/C16H20N2O4/c1-3-21-14-7-5-4-6-12(14)18-16(20)17-10-13(19)15-9-8-11(2)22-15/h4-9,13,19H,3,10H2,1-2H3,(H2,17,18,20). The molecule has 0 radical (unpaired) electrons. The number of furan rings is 1. The molecule has 118 valence electrons. The maximum atomic E-state index is 11.9. The van der Waals surface area contributed by atoms with Gasteiger partial charge in [-0.3, -0.25) is 0 Å². The zero-order valence-electron chi connectivity index (χ0n) is 12.6. The molecule has 0 spiro atoms. The first-order valence-corrected chi connectivity index (χ1v) is 7.11. The van der Waals surface area contributed by atoms with Crippen LogP contribution in [0.15, 0.2) is 40.8 Å². The van der Waals surface area contributed by atoms with E-state index in [1.807, 2.05) is 13.0 Å². The van der Waals surface area contributed by atoms with Gasteiger partial charge in [-0.15, -0.1) is 0 Å². The number of hydrogen-bond acceptors (Lipinski definition) is 4. The summed E-state index contributed by atoms with van der Waals surface area (Å²) in [4.78, 5) is 11.9. The summed E-state index contributed by atoms with van der Waals surface area (Å²) in [7, 11) is 0. The highest BCUT2D eigenvalue weighted by molar-refractivity contribution is 5.90. The number of anilines is 1. The molecular weight excluding hydrogens is 284 g/mol. The first-order valence-electron chi connectivity index (χ1n) is 7.11. The number of aliphatic hydroxyl groups excluding tert-OH is 1. The lowest BCUT2D eigenvalue weighted by molar-refractivity contribution is 0.148. The molecule has 1 heterocycles. The van der Waals surface area contributed by atoms with Crippen LogP contribution in [0.4, 0.5) is 10.5 Å². The molecule has 0 aliphatic carbocycles. The van der Waals surface area contributed by atoms with Crippen LogP contribution >= 0.6 is 0 Å². The molecule has 0 saturated carbocycles. The number of ether oxygens (including phenoxy) is 1. The average molecular weight is 304 g/mol. The predicted octanol–water partition coefficient (Wildman–Crippen LogP) is 2.84. The molecule has 0 bridgehead atoms. The predicted molar refractivity (Wildman–Crippen MR) is 83.0 cm³/mol. The van der Waals surface area contributed by atoms with Gasteiger partial charge in [-0.2, -0.15) is 0 Å². The Bertz CT molecular complexity index is 624. The molecule has 22 heavy (non-hydrogen) atoms. The number of benzene rings is 1. The number of hydrogen-bond donors (Lipinski definition) is 3. The Morgan fingerprint density at radius 3 is 2.77 bits per heavy atom. The van der Waals surface area contributed by atoms with E-state index in [4.69, 9.17) is 9.15 Å². The van der Waals surface area contributed by atoms with Crippen molar-refractivity contribution < 1.29 is 19.1 Å². The fraction of sp³-hybridized carbons (Fsp3) is 0.312. The van der Waals surface area contributed by atoms with Crippen LogP contribution in [0.25, 0.3) is 0 Å². The molecular formula is C16H20N2O4. The van der Waals surface area contributed by atoms with Gasteiger partial charge in [0.1, 0.15) is 23.4 Å². The number of aliphatic hydroxyl groups is 1. The van der Waals surface area contributed by atoms with Gasteiger partial charge in [-0.1, -0.05) is 12.1 Å². The average Bonchev–Trinajstić information content (AvgIpc) is 2.94. The minimum Gasteiger partial charge on any atom is -0.492 e. The molecule has 2 rings (SSSR count). The smallest absolute Gasteiger partial charge is 0.319 e. The molecule has 2 aromatic rings. The van der Waals surface area contributed by atoms with Crippen molar-refractivity contribution in [3.63, 3.8) is 0 Å². The Balaban J connectivity index is 1.88. The molecule has 1 aromatic heterocycles. The van der Waals surface area contributed by atoms with Crippen molar-refractivity contribution in [2.75, 3.05) is 18.5 Å². The number of rotatable bonds is 6. The number of carbonyl (C=O) groups excluding carboxylic acids is 1. The first-order chi connectivity index (χ1) is 10.6. The van der Waals surface area contributed by atoms with E-state index in [-0.39, 0.29) is 6.54 Å². The molecule has 6 nitrogen and oxygen atoms in total. The molecule has 0 fully saturated rings. The highest BCUT2D eigenvalue weighted by Crippen LogP contribution is 2.23. The topological polar surface area (TPSA) is 83.7 Å². The van der Waals surface area contributed by atoms with Crippen LogP contribution in [0.3, 0.4) is 0 Å². The van der Waals surface area contributed by atoms with E-state index in [9.17, 15) is 9.90 Å². The van der Waals surface area contributed by atoms with Gasteiger partial charge in [0.25, 0.3) is 0 Å². The molecule has 3 N–H and O–H groups in total. The molecule has 6 heteroatoms. The Kier molecular flexibility index (Phi) is 5.43. The fourth-order valence-corrected chi connectivity index (χ4v) is 1.94. The Morgan fingerprint density at radius 2 is 2.09 bits per heavy atom. The van der Waals surface area contributed by atoms with Gasteiger partial charge in [-0.25, -0.2) is 4.79 Å². The van der Waals surface area contributed by atoms with Crippen molar-refractivity contribution in [2.24, 2.45) is 0 Å². The summed E-state index contributed by atoms with van der Waals surface area (Å²) in [6, 6.07) is 10.2. The van der Waals surface area contributed by atoms with Crippen molar-refractivity contribution in [3.05, 3.63) is 47.9 Å². The van der Waals surface area contributed by atoms with Gasteiger partial charge in [-0.05, 0) is 38.1 Å². The summed E-state index contributed by atoms with van der Waals surface area (Å²) >= 11 is 0. The second kappa shape index (κ2) is 7.51. The Hall–Kier alpha value is -2.47. The molecule has 0 saturated heterocycles. The lowest BCUT2D eigenvalue weighted by atomic mass is 10.2. The van der Waals surface area contributed by atoms with Crippen molar-refractivity contribution >= 4 is 11.7 Å². The summed E-state index contributed by atoms with van der Waals surface area (Å²) in [5.74, 6) is 1.74. The van der Waals surface area contributed by atoms with E-state index in [1.165, 1.54) is 0 Å². The van der Waals surface area contributed by atoms with Crippen LogP contribution in [0, 0.1) is 6.92 Å². The summed E-state index contributed by atoms with van der Waals surface area (Å²) in [5, 5.41) is 15.2. The zero-order valence-corrected chi connectivity index (χ0v) is 12.6. The van der Waals surface area contributed by atoms with E-state index in [2.05, 4.69) is 10.6 Å². The highest BCUT2D eigenvalue weighted by atomic mass is 16.5. The monoisotopic (exact) mass is 304 g/mol. The van der Waals surface area contributed by atoms with E-state index >= 15 is 0 Å². The number of para-hydroxylation sites is 2. The highest BCUT2D eigenvalue weighted by Gasteiger charge is 2.13. The van der Waals surface area contributed by atoms with Gasteiger partial charge in [0.2, 0.25) is 0 Å². The lowest BCUT2D eigenvalue weighted by Gasteiger charge is -2.13. The zero-order chi connectivity index (χ0) is 15.9. The van der Waals surface area contributed by atoms with Crippen LogP contribution in [0.1, 0.15) is 24.5 Å². The summed E-state index contributed by atoms with van der Waals surface area (Å²) in [5.41, 5.74) is 0.574. The summed E-state index contributed by atoms with van der Waals surface area (Å²) < 4.78 is 10.7. The molecule has 0 aliphatic heterocycles. The minimum absolute atomic E-state index is 0.0512. The van der Waals surface area contributed by atoms with Crippen LogP contribution in [0.5, 0.6) is 5.75 Å². The van der Waals surface area contributed by atoms with Gasteiger partial charge in [0.05, 0.1) is 18.8 Å². The van der Waals surface area contributed by atoms with Gasteiger partial charge < -0.3 is 24.9 Å². The Morgan fingerprint density at radius 1 is 1.32 bits per heavy atom. The largest absolute Gasteiger partial charge is 0.492 e. The van der Waals surface area contributed by atoms with Crippen LogP contribution in [-0.4, -0.2) is 24.3 Å². The lowest BCUT2D eigenvalue weighted by Crippen LogP contribution is -2.32. The van der Waals surface area contributed by atoms with Gasteiger partial charge in [0, 0.05) is 0 Å². The van der Waals surface area contributed by atoms with Gasteiger partial charge in [0.15, 0.2) is 0 Å². The summed E-state index contributed by atoms with van der Waals surface area (Å²) in [6.45, 7) is 4.23. The molecule has 1 unspecified atom stereocenters. The van der Waals surface area contributed by atoms with Crippen molar-refractivity contribution in [1.82, 2.24) is 5.32 Å². The third-order valence-electron chi connectivity index (χ3n) is 2.98. The van der Waals surface area contributed by atoms with Crippen LogP contribution < -0.4 is 15.4 Å². The quantitative estimate of drug-likeness (QED) is 0.766. The third-order valence-corrected chi connectivity index (χ3v) is 2.98. The second-order valence-corrected chi connectivity index (χ2v) is 4.73. The second-order valence-electron chi connectivity index (χ2n) is 4.73. The third kappa shape index (κ3) is 4.26. The van der Waals surface area contributed by atoms with Crippen molar-refractivity contribution in [3.8, 4) is 5.75 Å². The maximum absolute atomic E-state index is 11.9. The van der Waals surface area contributed by atoms with E-state index in [0.29, 0.717) is 29.6 Å². The maximum Gasteiger partial charge on any atom is 0.319 e. The number of amides is 2. The van der Waals surface area contributed by atoms with Crippen molar-refractivity contribution in [1.29, 1.82) is 0 Å². The number of urea groups is 1. The molecule has 1 aromatic carbocycles. The van der Waals surface area contributed by atoms with Crippen molar-refractivity contribution in [2.45, 2.75) is 20.0 Å². The molecule has 0 aliphatic rings. The number of carbonyl (C=O) groups is 1. The Labute approximate surface area is 129 Å². The summed E-state index contributed by atoms with van der Waals surface area (Å²) in [6.07, 6.45) is -0.887. The molecule has 1 atom stereocenters. The normalized spacial score (nSPS) is 11.8.